The summed E-state index contributed by atoms with van der Waals surface area (Å²) in [4.78, 5) is 0. The van der Waals surface area contributed by atoms with Gasteiger partial charge in [-0.15, -0.1) is 0 Å². The normalized spacial score (nSPS) is 36.5. The van der Waals surface area contributed by atoms with Gasteiger partial charge in [0, 0.05) is 0 Å². The molecule has 2 fully saturated rings. The summed E-state index contributed by atoms with van der Waals surface area (Å²) < 4.78 is 6.17. The summed E-state index contributed by atoms with van der Waals surface area (Å²) in [7, 11) is 0. The maximum Gasteiger partial charge on any atom is 0.121 e. The Kier molecular flexibility index (Phi) is 6.02. The molecular weight excluding hydrogens is 416 g/mol. The minimum Gasteiger partial charge on any atom is -0.507 e. The van der Waals surface area contributed by atoms with E-state index in [1.165, 1.54) is 24.0 Å². The number of phenols is 1. The molecule has 2 aromatic carbocycles. The van der Waals surface area contributed by atoms with Crippen molar-refractivity contribution in [2.45, 2.75) is 80.1 Å². The Hall–Kier alpha value is -1.96. The van der Waals surface area contributed by atoms with Crippen LogP contribution >= 0.6 is 0 Å². The van der Waals surface area contributed by atoms with E-state index in [1.54, 1.807) is 5.56 Å². The zero-order chi connectivity index (χ0) is 24.4. The minimum absolute atomic E-state index is 0.390. The first kappa shape index (κ1) is 23.8. The van der Waals surface area contributed by atoms with Crippen LogP contribution in [0.2, 0.25) is 0 Å². The lowest BCUT2D eigenvalue weighted by molar-refractivity contribution is -0.0294. The second-order valence-electron chi connectivity index (χ2n) is 12.5. The maximum absolute atomic E-state index is 10.8. The number of hydrogen-bond donors (Lipinski definition) is 1. The zero-order valence-corrected chi connectivity index (χ0v) is 22.3. The van der Waals surface area contributed by atoms with Crippen LogP contribution in [0.15, 0.2) is 30.3 Å². The van der Waals surface area contributed by atoms with Gasteiger partial charge < -0.3 is 9.84 Å². The summed E-state index contributed by atoms with van der Waals surface area (Å²) in [6, 6.07) is 10.3. The molecule has 184 valence electrons. The maximum atomic E-state index is 10.8. The molecule has 34 heavy (non-hydrogen) atoms. The molecule has 3 aliphatic carbocycles. The topological polar surface area (TPSA) is 29.5 Å². The summed E-state index contributed by atoms with van der Waals surface area (Å²) in [5, 5.41) is 10.8. The number of benzene rings is 2. The predicted molar refractivity (Wildman–Crippen MR) is 141 cm³/mol. The lowest BCUT2D eigenvalue weighted by Gasteiger charge is -2.56. The second kappa shape index (κ2) is 8.61. The largest absolute Gasteiger partial charge is 0.507 e. The van der Waals surface area contributed by atoms with Gasteiger partial charge >= 0.3 is 0 Å². The molecule has 3 aliphatic rings. The highest BCUT2D eigenvalue weighted by molar-refractivity contribution is 5.56. The highest BCUT2D eigenvalue weighted by Crippen LogP contribution is 2.68. The third kappa shape index (κ3) is 3.50. The highest BCUT2D eigenvalue weighted by atomic mass is 16.5. The molecule has 0 heterocycles. The fourth-order valence-corrected chi connectivity index (χ4v) is 9.18. The molecule has 0 aliphatic heterocycles. The van der Waals surface area contributed by atoms with Crippen molar-refractivity contribution in [1.29, 1.82) is 0 Å². The Bertz CT molecular complexity index is 1060. The van der Waals surface area contributed by atoms with E-state index in [4.69, 9.17) is 4.74 Å². The number of hydrogen-bond acceptors (Lipinski definition) is 2. The van der Waals surface area contributed by atoms with Crippen molar-refractivity contribution >= 4 is 0 Å². The Balaban J connectivity index is 1.45. The molecule has 2 nitrogen and oxygen atoms in total. The van der Waals surface area contributed by atoms with Gasteiger partial charge in [-0.3, -0.25) is 0 Å². The molecule has 2 heteroatoms. The Labute approximate surface area is 207 Å². The lowest BCUT2D eigenvalue weighted by atomic mass is 9.48. The van der Waals surface area contributed by atoms with Crippen molar-refractivity contribution in [3.05, 3.63) is 58.1 Å². The summed E-state index contributed by atoms with van der Waals surface area (Å²) in [5.41, 5.74) is 7.05. The molecule has 0 saturated heterocycles. The fraction of sp³-hybridized carbons (Fsp3) is 0.625. The number of para-hydroxylation sites is 1. The smallest absolute Gasteiger partial charge is 0.121 e. The van der Waals surface area contributed by atoms with Crippen molar-refractivity contribution in [3.8, 4) is 11.5 Å². The molecule has 1 N–H and O–H groups in total. The van der Waals surface area contributed by atoms with Gasteiger partial charge in [-0.2, -0.15) is 0 Å². The molecule has 0 radical (unpaired) electrons. The van der Waals surface area contributed by atoms with Crippen LogP contribution in [-0.2, 0) is 6.42 Å². The fourth-order valence-electron chi connectivity index (χ4n) is 9.18. The van der Waals surface area contributed by atoms with E-state index < -0.39 is 0 Å². The first-order chi connectivity index (χ1) is 16.1. The van der Waals surface area contributed by atoms with Crippen molar-refractivity contribution in [3.63, 3.8) is 0 Å². The van der Waals surface area contributed by atoms with Crippen molar-refractivity contribution < 1.29 is 9.84 Å². The Morgan fingerprint density at radius 3 is 2.35 bits per heavy atom. The number of ether oxygens (including phenoxy) is 1. The molecule has 2 saturated carbocycles. The number of aromatic hydroxyl groups is 1. The van der Waals surface area contributed by atoms with Crippen LogP contribution < -0.4 is 4.74 Å². The van der Waals surface area contributed by atoms with Gasteiger partial charge in [-0.25, -0.2) is 0 Å². The molecule has 6 unspecified atom stereocenters. The molecule has 0 amide bonds. The van der Waals surface area contributed by atoms with Gasteiger partial charge in [0.1, 0.15) is 11.5 Å². The molecule has 0 bridgehead atoms. The van der Waals surface area contributed by atoms with Crippen LogP contribution in [0.3, 0.4) is 0 Å². The molecule has 8 atom stereocenters. The summed E-state index contributed by atoms with van der Waals surface area (Å²) >= 11 is 0. The summed E-state index contributed by atoms with van der Waals surface area (Å²) in [6.07, 6.45) is 4.94. The minimum atomic E-state index is 0.390. The van der Waals surface area contributed by atoms with Crippen LogP contribution in [-0.4, -0.2) is 11.7 Å². The zero-order valence-electron chi connectivity index (χ0n) is 22.3. The van der Waals surface area contributed by atoms with Gasteiger partial charge in [0.05, 0.1) is 6.61 Å². The molecule has 0 spiro atoms. The van der Waals surface area contributed by atoms with Gasteiger partial charge in [0.15, 0.2) is 0 Å². The standard InChI is InChI=1S/C32H44O2/c1-18-16-27-28-19(2)15-25-23(6)31(33)22(5)21(4)30(25)29(28)20(3)17-32(27,7)26(18)13-14-34-24-11-9-8-10-12-24/h8-12,18-20,26-29,33H,13-17H2,1-7H3/t18?,19-,20?,26+,27?,28?,29?,32?/m1/s1. The summed E-state index contributed by atoms with van der Waals surface area (Å²) in [6.45, 7) is 17.5. The van der Waals surface area contributed by atoms with E-state index in [1.807, 2.05) is 6.07 Å². The number of phenolic OH excluding ortho intramolecular Hbond substituents is 1. The lowest BCUT2D eigenvalue weighted by Crippen LogP contribution is -2.49. The van der Waals surface area contributed by atoms with Gasteiger partial charge in [-0.05, 0) is 133 Å². The molecule has 2 aromatic rings. The molecule has 5 rings (SSSR count). The first-order valence-corrected chi connectivity index (χ1v) is 13.6. The van der Waals surface area contributed by atoms with Crippen molar-refractivity contribution in [2.75, 3.05) is 6.61 Å². The monoisotopic (exact) mass is 460 g/mol. The Morgan fingerprint density at radius 2 is 1.65 bits per heavy atom. The van der Waals surface area contributed by atoms with Crippen LogP contribution in [0.25, 0.3) is 0 Å². The van der Waals surface area contributed by atoms with Crippen LogP contribution in [0, 0.1) is 61.7 Å². The first-order valence-electron chi connectivity index (χ1n) is 13.6. The summed E-state index contributed by atoms with van der Waals surface area (Å²) in [5.74, 6) is 6.47. The average molecular weight is 461 g/mol. The highest BCUT2D eigenvalue weighted by Gasteiger charge is 2.60. The van der Waals surface area contributed by atoms with Gasteiger partial charge in [0.2, 0.25) is 0 Å². The van der Waals surface area contributed by atoms with E-state index in [0.717, 1.165) is 60.0 Å². The van der Waals surface area contributed by atoms with E-state index in [0.29, 0.717) is 28.9 Å². The van der Waals surface area contributed by atoms with E-state index in [-0.39, 0.29) is 0 Å². The van der Waals surface area contributed by atoms with Crippen molar-refractivity contribution in [1.82, 2.24) is 0 Å². The molecule has 0 aromatic heterocycles. The number of fused-ring (bicyclic) bond motifs is 5. The van der Waals surface area contributed by atoms with Crippen LogP contribution in [0.5, 0.6) is 11.5 Å². The predicted octanol–water partition coefficient (Wildman–Crippen LogP) is 8.00. The second-order valence-corrected chi connectivity index (χ2v) is 12.5. The average Bonchev–Trinajstić information content (AvgIpc) is 3.06. The van der Waals surface area contributed by atoms with Crippen LogP contribution in [0.4, 0.5) is 0 Å². The van der Waals surface area contributed by atoms with E-state index in [9.17, 15) is 5.11 Å². The van der Waals surface area contributed by atoms with Gasteiger partial charge in [0.25, 0.3) is 0 Å². The third-order valence-electron chi connectivity index (χ3n) is 10.7. The number of rotatable bonds is 4. The molecular formula is C32H44O2. The SMILES string of the molecule is Cc1c(C)c2c(c(C)c1O)C[C@@H](C)C1C2C(C)CC2(C)C1CC(C)[C@@H]2CCOc1ccccc1. The van der Waals surface area contributed by atoms with E-state index in [2.05, 4.69) is 72.7 Å². The van der Waals surface area contributed by atoms with Crippen LogP contribution in [0.1, 0.15) is 80.7 Å². The Morgan fingerprint density at radius 1 is 0.941 bits per heavy atom. The van der Waals surface area contributed by atoms with Gasteiger partial charge in [-0.1, -0.05) is 45.9 Å². The van der Waals surface area contributed by atoms with Crippen molar-refractivity contribution in [2.24, 2.45) is 40.9 Å². The third-order valence-corrected chi connectivity index (χ3v) is 10.7. The van der Waals surface area contributed by atoms with E-state index >= 15 is 0 Å². The quantitative estimate of drug-likeness (QED) is 0.501.